The third-order valence-corrected chi connectivity index (χ3v) is 4.71. The molecule has 1 aromatic heterocycles. The Morgan fingerprint density at radius 1 is 1.45 bits per heavy atom. The summed E-state index contributed by atoms with van der Waals surface area (Å²) in [5, 5.41) is 4.58. The average Bonchev–Trinajstić information content (AvgIpc) is 2.93. The van der Waals surface area contributed by atoms with Crippen molar-refractivity contribution in [2.24, 2.45) is 4.99 Å². The van der Waals surface area contributed by atoms with Crippen LogP contribution >= 0.6 is 11.3 Å². The molecule has 0 atom stereocenters. The van der Waals surface area contributed by atoms with E-state index in [2.05, 4.69) is 36.0 Å². The van der Waals surface area contributed by atoms with E-state index >= 15 is 0 Å². The first kappa shape index (κ1) is 17.2. The van der Waals surface area contributed by atoms with E-state index in [0.29, 0.717) is 6.10 Å². The molecule has 1 saturated heterocycles. The number of aliphatic imine (C=N–C) groups is 1. The van der Waals surface area contributed by atoms with Gasteiger partial charge in [0, 0.05) is 50.3 Å². The molecule has 1 aliphatic rings. The molecule has 0 aromatic carbocycles. The van der Waals surface area contributed by atoms with Crippen molar-refractivity contribution in [2.45, 2.75) is 46.1 Å². The van der Waals surface area contributed by atoms with Gasteiger partial charge in [-0.05, 0) is 33.6 Å². The number of nitrogens with one attached hydrogen (secondary N) is 1. The molecule has 0 unspecified atom stereocenters. The van der Waals surface area contributed by atoms with E-state index in [1.807, 2.05) is 6.20 Å². The molecule has 2 heterocycles. The van der Waals surface area contributed by atoms with Crippen LogP contribution in [0.5, 0.6) is 0 Å². The van der Waals surface area contributed by atoms with Crippen molar-refractivity contribution in [1.29, 1.82) is 0 Å². The van der Waals surface area contributed by atoms with Crippen LogP contribution in [0.3, 0.4) is 0 Å². The Bertz CT molecular complexity index is 466. The minimum atomic E-state index is 0.419. The molecule has 0 radical (unpaired) electrons. The van der Waals surface area contributed by atoms with E-state index in [1.165, 1.54) is 9.88 Å². The van der Waals surface area contributed by atoms with Gasteiger partial charge in [-0.25, -0.2) is 4.98 Å². The Morgan fingerprint density at radius 3 is 2.82 bits per heavy atom. The number of piperidine rings is 1. The molecule has 0 spiro atoms. The van der Waals surface area contributed by atoms with Crippen LogP contribution in [0.15, 0.2) is 11.2 Å². The van der Waals surface area contributed by atoms with Gasteiger partial charge in [-0.1, -0.05) is 0 Å². The first-order chi connectivity index (χ1) is 10.7. The third-order valence-electron chi connectivity index (χ3n) is 3.74. The van der Waals surface area contributed by atoms with Crippen molar-refractivity contribution < 1.29 is 4.74 Å². The normalized spacial score (nSPS) is 17.0. The second-order valence-corrected chi connectivity index (χ2v) is 6.81. The number of aryl methyl sites for hydroxylation is 1. The number of guanidine groups is 1. The molecule has 22 heavy (non-hydrogen) atoms. The smallest absolute Gasteiger partial charge is 0.193 e. The Balaban J connectivity index is 1.84. The average molecular weight is 324 g/mol. The third kappa shape index (κ3) is 5.25. The molecule has 1 fully saturated rings. The monoisotopic (exact) mass is 324 g/mol. The van der Waals surface area contributed by atoms with Crippen LogP contribution in [0.2, 0.25) is 0 Å². The largest absolute Gasteiger partial charge is 0.378 e. The van der Waals surface area contributed by atoms with Crippen molar-refractivity contribution in [3.63, 3.8) is 0 Å². The van der Waals surface area contributed by atoms with Gasteiger partial charge < -0.3 is 15.0 Å². The maximum absolute atomic E-state index is 5.72. The number of ether oxygens (including phenoxy) is 1. The van der Waals surface area contributed by atoms with Crippen LogP contribution < -0.4 is 5.32 Å². The number of aromatic nitrogens is 1. The molecular weight excluding hydrogens is 296 g/mol. The molecule has 1 N–H and O–H groups in total. The summed E-state index contributed by atoms with van der Waals surface area (Å²) >= 11 is 1.76. The van der Waals surface area contributed by atoms with Crippen LogP contribution in [0.1, 0.15) is 36.6 Å². The Labute approximate surface area is 137 Å². The summed E-state index contributed by atoms with van der Waals surface area (Å²) in [6.07, 6.45) is 5.45. The molecule has 0 bridgehead atoms. The van der Waals surface area contributed by atoms with Crippen molar-refractivity contribution in [2.75, 3.05) is 32.8 Å². The van der Waals surface area contributed by atoms with Crippen LogP contribution in [0.4, 0.5) is 0 Å². The summed E-state index contributed by atoms with van der Waals surface area (Å²) in [6.45, 7) is 10.8. The van der Waals surface area contributed by atoms with Gasteiger partial charge in [-0.3, -0.25) is 4.99 Å². The number of thiazole rings is 1. The van der Waals surface area contributed by atoms with Gasteiger partial charge in [-0.15, -0.1) is 11.3 Å². The number of nitrogens with zero attached hydrogens (tertiary/aromatic N) is 3. The van der Waals surface area contributed by atoms with Crippen LogP contribution in [0.25, 0.3) is 0 Å². The molecule has 0 saturated carbocycles. The predicted molar refractivity (Wildman–Crippen MR) is 92.8 cm³/mol. The van der Waals surface area contributed by atoms with Crippen LogP contribution in [0, 0.1) is 6.92 Å². The zero-order valence-electron chi connectivity index (χ0n) is 14.0. The summed E-state index contributed by atoms with van der Waals surface area (Å²) in [7, 11) is 0. The van der Waals surface area contributed by atoms with E-state index in [0.717, 1.165) is 58.0 Å². The lowest BCUT2D eigenvalue weighted by Gasteiger charge is -2.34. The highest BCUT2D eigenvalue weighted by molar-refractivity contribution is 7.11. The van der Waals surface area contributed by atoms with Gasteiger partial charge >= 0.3 is 0 Å². The number of hydrogen-bond acceptors (Lipinski definition) is 4. The second-order valence-electron chi connectivity index (χ2n) is 5.49. The lowest BCUT2D eigenvalue weighted by atomic mass is 10.1. The quantitative estimate of drug-likeness (QED) is 0.645. The first-order valence-electron chi connectivity index (χ1n) is 8.29. The fourth-order valence-electron chi connectivity index (χ4n) is 2.67. The predicted octanol–water partition coefficient (Wildman–Crippen LogP) is 2.46. The fourth-order valence-corrected chi connectivity index (χ4v) is 3.45. The highest BCUT2D eigenvalue weighted by Gasteiger charge is 2.21. The first-order valence-corrected chi connectivity index (χ1v) is 9.10. The van der Waals surface area contributed by atoms with Crippen molar-refractivity contribution in [3.05, 3.63) is 16.1 Å². The van der Waals surface area contributed by atoms with E-state index in [9.17, 15) is 0 Å². The maximum atomic E-state index is 5.72. The van der Waals surface area contributed by atoms with Crippen molar-refractivity contribution in [1.82, 2.24) is 15.2 Å². The van der Waals surface area contributed by atoms with Gasteiger partial charge in [0.05, 0.1) is 11.1 Å². The highest BCUT2D eigenvalue weighted by atomic mass is 32.1. The van der Waals surface area contributed by atoms with Crippen molar-refractivity contribution in [3.8, 4) is 0 Å². The van der Waals surface area contributed by atoms with Gasteiger partial charge in [0.25, 0.3) is 0 Å². The molecule has 124 valence electrons. The Hall–Kier alpha value is -1.14. The zero-order valence-corrected chi connectivity index (χ0v) is 14.8. The maximum Gasteiger partial charge on any atom is 0.193 e. The van der Waals surface area contributed by atoms with Gasteiger partial charge in [0.15, 0.2) is 5.96 Å². The molecule has 2 rings (SSSR count). The van der Waals surface area contributed by atoms with Crippen molar-refractivity contribution >= 4 is 17.3 Å². The molecule has 6 heteroatoms. The van der Waals surface area contributed by atoms with E-state index in [4.69, 9.17) is 9.73 Å². The molecule has 1 aliphatic heterocycles. The van der Waals surface area contributed by atoms with Crippen LogP contribution in [-0.4, -0.2) is 54.7 Å². The number of likely N-dealkylation sites (tertiary alicyclic amines) is 1. The highest BCUT2D eigenvalue weighted by Crippen LogP contribution is 2.14. The lowest BCUT2D eigenvalue weighted by Crippen LogP contribution is -2.47. The summed E-state index contributed by atoms with van der Waals surface area (Å²) in [6, 6.07) is 0. The van der Waals surface area contributed by atoms with Gasteiger partial charge in [0.1, 0.15) is 0 Å². The minimum absolute atomic E-state index is 0.419. The SMILES string of the molecule is CCNC(=NCCc1ncc(C)s1)N1CCC(OCC)CC1. The zero-order chi connectivity index (χ0) is 15.8. The minimum Gasteiger partial charge on any atom is -0.378 e. The lowest BCUT2D eigenvalue weighted by molar-refractivity contribution is 0.0264. The number of hydrogen-bond donors (Lipinski definition) is 1. The molecule has 0 aliphatic carbocycles. The van der Waals surface area contributed by atoms with E-state index in [-0.39, 0.29) is 0 Å². The fraction of sp³-hybridized carbons (Fsp3) is 0.750. The standard InChI is InChI=1S/C16H28N4OS/c1-4-17-16(18-9-6-15-19-12-13(3)22-15)20-10-7-14(8-11-20)21-5-2/h12,14H,4-11H2,1-3H3,(H,17,18). The van der Waals surface area contributed by atoms with Crippen LogP contribution in [-0.2, 0) is 11.2 Å². The molecule has 1 aromatic rings. The molecule has 0 amide bonds. The summed E-state index contributed by atoms with van der Waals surface area (Å²) < 4.78 is 5.72. The van der Waals surface area contributed by atoms with E-state index in [1.54, 1.807) is 11.3 Å². The van der Waals surface area contributed by atoms with Gasteiger partial charge in [0.2, 0.25) is 0 Å². The Morgan fingerprint density at radius 2 is 2.23 bits per heavy atom. The topological polar surface area (TPSA) is 49.8 Å². The summed E-state index contributed by atoms with van der Waals surface area (Å²) in [5.41, 5.74) is 0. The van der Waals surface area contributed by atoms with E-state index < -0.39 is 0 Å². The second kappa shape index (κ2) is 9.10. The van der Waals surface area contributed by atoms with Gasteiger partial charge in [-0.2, -0.15) is 0 Å². The summed E-state index contributed by atoms with van der Waals surface area (Å²) in [4.78, 5) is 12.8. The molecular formula is C16H28N4OS. The summed E-state index contributed by atoms with van der Waals surface area (Å²) in [5.74, 6) is 1.03. The molecule has 5 nitrogen and oxygen atoms in total. The Kier molecular flexibility index (Phi) is 7.12. The number of rotatable bonds is 6.